The molecular formula is C11H13BrFNO2. The van der Waals surface area contributed by atoms with E-state index in [1.54, 1.807) is 26.0 Å². The number of ether oxygens (including phenoxy) is 1. The van der Waals surface area contributed by atoms with Crippen LogP contribution in [0.15, 0.2) is 22.7 Å². The van der Waals surface area contributed by atoms with Crippen molar-refractivity contribution in [2.24, 2.45) is 0 Å². The summed E-state index contributed by atoms with van der Waals surface area (Å²) < 4.78 is 18.9. The van der Waals surface area contributed by atoms with Crippen LogP contribution in [0.4, 0.5) is 10.1 Å². The van der Waals surface area contributed by atoms with Gasteiger partial charge in [-0.15, -0.1) is 0 Å². The predicted octanol–water partition coefficient (Wildman–Crippen LogP) is 2.95. The first-order valence-electron chi connectivity index (χ1n) is 4.87. The molecule has 0 atom stereocenters. The van der Waals surface area contributed by atoms with Gasteiger partial charge in [0.1, 0.15) is 12.4 Å². The minimum Gasteiger partial charge on any atom is -0.462 e. The molecule has 3 nitrogen and oxygen atoms in total. The molecule has 1 aromatic rings. The first kappa shape index (κ1) is 13.0. The molecule has 0 unspecified atom stereocenters. The van der Waals surface area contributed by atoms with Crippen molar-refractivity contribution >= 4 is 27.6 Å². The van der Waals surface area contributed by atoms with Gasteiger partial charge in [0.05, 0.1) is 11.8 Å². The van der Waals surface area contributed by atoms with E-state index in [2.05, 4.69) is 21.2 Å². The molecule has 1 N–H and O–H groups in total. The molecule has 0 amide bonds. The second kappa shape index (κ2) is 5.84. The molecule has 0 saturated heterocycles. The Hall–Kier alpha value is -1.10. The van der Waals surface area contributed by atoms with Gasteiger partial charge >= 0.3 is 5.97 Å². The Morgan fingerprint density at radius 2 is 2.25 bits per heavy atom. The Labute approximate surface area is 102 Å². The Kier molecular flexibility index (Phi) is 4.73. The third-order valence-corrected chi connectivity index (χ3v) is 2.21. The molecular weight excluding hydrogens is 277 g/mol. The maximum Gasteiger partial charge on any atom is 0.325 e. The van der Waals surface area contributed by atoms with Gasteiger partial charge in [0.25, 0.3) is 0 Å². The first-order valence-corrected chi connectivity index (χ1v) is 5.66. The number of rotatable bonds is 4. The summed E-state index contributed by atoms with van der Waals surface area (Å²) in [5, 5.41) is 2.68. The Balaban J connectivity index is 2.54. The molecule has 16 heavy (non-hydrogen) atoms. The molecule has 0 bridgehead atoms. The zero-order valence-electron chi connectivity index (χ0n) is 9.09. The molecule has 0 aliphatic heterocycles. The fourth-order valence-electron chi connectivity index (χ4n) is 1.10. The number of esters is 1. The van der Waals surface area contributed by atoms with Crippen LogP contribution < -0.4 is 5.32 Å². The van der Waals surface area contributed by atoms with Crippen LogP contribution in [0.3, 0.4) is 0 Å². The second-order valence-corrected chi connectivity index (χ2v) is 4.43. The third kappa shape index (κ3) is 4.18. The lowest BCUT2D eigenvalue weighted by atomic mass is 10.3. The van der Waals surface area contributed by atoms with E-state index in [1.165, 1.54) is 6.07 Å². The molecule has 0 fully saturated rings. The topological polar surface area (TPSA) is 38.3 Å². The molecule has 1 rings (SSSR count). The van der Waals surface area contributed by atoms with Crippen LogP contribution in [0.2, 0.25) is 0 Å². The van der Waals surface area contributed by atoms with Gasteiger partial charge in [0, 0.05) is 4.47 Å². The summed E-state index contributed by atoms with van der Waals surface area (Å²) in [5.74, 6) is -0.810. The monoisotopic (exact) mass is 289 g/mol. The largest absolute Gasteiger partial charge is 0.462 e. The highest BCUT2D eigenvalue weighted by atomic mass is 79.9. The molecule has 1 aromatic carbocycles. The van der Waals surface area contributed by atoms with Gasteiger partial charge in [-0.2, -0.15) is 0 Å². The molecule has 0 spiro atoms. The van der Waals surface area contributed by atoms with Crippen molar-refractivity contribution < 1.29 is 13.9 Å². The van der Waals surface area contributed by atoms with Gasteiger partial charge in [-0.3, -0.25) is 4.79 Å². The first-order chi connectivity index (χ1) is 7.49. The molecule has 0 radical (unpaired) electrons. The normalized spacial score (nSPS) is 10.3. The molecule has 5 heteroatoms. The van der Waals surface area contributed by atoms with E-state index in [0.717, 1.165) is 4.47 Å². The minimum absolute atomic E-state index is 0.0500. The summed E-state index contributed by atoms with van der Waals surface area (Å²) in [7, 11) is 0. The van der Waals surface area contributed by atoms with Gasteiger partial charge in [0.2, 0.25) is 0 Å². The highest BCUT2D eigenvalue weighted by Crippen LogP contribution is 2.19. The number of hydrogen-bond acceptors (Lipinski definition) is 3. The highest BCUT2D eigenvalue weighted by molar-refractivity contribution is 9.10. The average Bonchev–Trinajstić information content (AvgIpc) is 2.18. The van der Waals surface area contributed by atoms with Gasteiger partial charge in [-0.1, -0.05) is 15.9 Å². The minimum atomic E-state index is -0.408. The van der Waals surface area contributed by atoms with Gasteiger partial charge in [-0.25, -0.2) is 4.39 Å². The van der Waals surface area contributed by atoms with E-state index in [1.807, 2.05) is 0 Å². The van der Waals surface area contributed by atoms with Crippen LogP contribution in [0.1, 0.15) is 13.8 Å². The van der Waals surface area contributed by atoms with E-state index in [9.17, 15) is 9.18 Å². The number of anilines is 1. The van der Waals surface area contributed by atoms with Crippen molar-refractivity contribution in [2.75, 3.05) is 11.9 Å². The third-order valence-electron chi connectivity index (χ3n) is 1.72. The summed E-state index contributed by atoms with van der Waals surface area (Å²) in [5.41, 5.74) is 0.273. The van der Waals surface area contributed by atoms with Crippen molar-refractivity contribution in [3.8, 4) is 0 Å². The second-order valence-electron chi connectivity index (χ2n) is 3.52. The van der Waals surface area contributed by atoms with Crippen molar-refractivity contribution in [1.29, 1.82) is 0 Å². The van der Waals surface area contributed by atoms with Crippen molar-refractivity contribution in [1.82, 2.24) is 0 Å². The Morgan fingerprint density at radius 1 is 1.56 bits per heavy atom. The maximum absolute atomic E-state index is 13.2. The Bertz CT molecular complexity index is 382. The molecule has 0 heterocycles. The van der Waals surface area contributed by atoms with Crippen LogP contribution in [-0.2, 0) is 9.53 Å². The molecule has 88 valence electrons. The molecule has 0 aliphatic carbocycles. The number of carbonyl (C=O) groups is 1. The SMILES string of the molecule is CC(C)OC(=O)CNc1cc(Br)ccc1F. The summed E-state index contributed by atoms with van der Waals surface area (Å²) in [4.78, 5) is 11.2. The fraction of sp³-hybridized carbons (Fsp3) is 0.364. The lowest BCUT2D eigenvalue weighted by Crippen LogP contribution is -2.20. The van der Waals surface area contributed by atoms with Crippen molar-refractivity contribution in [2.45, 2.75) is 20.0 Å². The average molecular weight is 290 g/mol. The fourth-order valence-corrected chi connectivity index (χ4v) is 1.47. The summed E-state index contributed by atoms with van der Waals surface area (Å²) in [6.07, 6.45) is -0.165. The van der Waals surface area contributed by atoms with Crippen molar-refractivity contribution in [3.63, 3.8) is 0 Å². The van der Waals surface area contributed by atoms with Crippen LogP contribution in [0, 0.1) is 5.82 Å². The van der Waals surface area contributed by atoms with E-state index in [4.69, 9.17) is 4.74 Å². The highest BCUT2D eigenvalue weighted by Gasteiger charge is 2.07. The number of halogens is 2. The van der Waals surface area contributed by atoms with E-state index in [0.29, 0.717) is 0 Å². The summed E-state index contributed by atoms with van der Waals surface area (Å²) >= 11 is 3.22. The molecule has 0 aliphatic rings. The standard InChI is InChI=1S/C11H13BrFNO2/c1-7(2)16-11(15)6-14-10-5-8(12)3-4-9(10)13/h3-5,7,14H,6H2,1-2H3. The zero-order chi connectivity index (χ0) is 12.1. The lowest BCUT2D eigenvalue weighted by molar-refractivity contribution is -0.145. The summed E-state index contributed by atoms with van der Waals surface area (Å²) in [6.45, 7) is 3.47. The number of carbonyl (C=O) groups excluding carboxylic acids is 1. The van der Waals surface area contributed by atoms with Crippen LogP contribution in [-0.4, -0.2) is 18.6 Å². The number of benzene rings is 1. The maximum atomic E-state index is 13.2. The Morgan fingerprint density at radius 3 is 2.88 bits per heavy atom. The quantitative estimate of drug-likeness (QED) is 0.866. The summed E-state index contributed by atoms with van der Waals surface area (Å²) in [6, 6.07) is 4.48. The van der Waals surface area contributed by atoms with Crippen LogP contribution >= 0.6 is 15.9 Å². The smallest absolute Gasteiger partial charge is 0.325 e. The van der Waals surface area contributed by atoms with Crippen LogP contribution in [0.25, 0.3) is 0 Å². The van der Waals surface area contributed by atoms with Gasteiger partial charge < -0.3 is 10.1 Å². The lowest BCUT2D eigenvalue weighted by Gasteiger charge is -2.10. The van der Waals surface area contributed by atoms with Gasteiger partial charge in [0.15, 0.2) is 0 Å². The van der Waals surface area contributed by atoms with E-state index < -0.39 is 11.8 Å². The van der Waals surface area contributed by atoms with Gasteiger partial charge in [-0.05, 0) is 32.0 Å². The predicted molar refractivity (Wildman–Crippen MR) is 63.8 cm³/mol. The van der Waals surface area contributed by atoms with E-state index >= 15 is 0 Å². The van der Waals surface area contributed by atoms with Crippen LogP contribution in [0.5, 0.6) is 0 Å². The van der Waals surface area contributed by atoms with Crippen molar-refractivity contribution in [3.05, 3.63) is 28.5 Å². The number of hydrogen-bond donors (Lipinski definition) is 1. The van der Waals surface area contributed by atoms with E-state index in [-0.39, 0.29) is 18.3 Å². The molecule has 0 saturated carbocycles. The number of nitrogens with one attached hydrogen (secondary N) is 1. The molecule has 0 aromatic heterocycles. The zero-order valence-corrected chi connectivity index (χ0v) is 10.7.